The van der Waals surface area contributed by atoms with Crippen molar-refractivity contribution in [3.63, 3.8) is 0 Å². The minimum absolute atomic E-state index is 0.0466. The van der Waals surface area contributed by atoms with Crippen LogP contribution in [0.15, 0.2) is 17.1 Å². The van der Waals surface area contributed by atoms with E-state index in [1.54, 1.807) is 0 Å². The third kappa shape index (κ3) is 19.2. The fourth-order valence-corrected chi connectivity index (χ4v) is 7.56. The zero-order chi connectivity index (χ0) is 48.1. The molecule has 0 fully saturated rings. The third-order valence-corrected chi connectivity index (χ3v) is 11.0. The molecule has 29 heteroatoms. The number of aromatic hydroxyl groups is 1. The molecule has 6 unspecified atom stereocenters. The minimum atomic E-state index is -1.49. The van der Waals surface area contributed by atoms with E-state index in [9.17, 15) is 53.1 Å². The monoisotopic (exact) mass is 944 g/mol. The maximum atomic E-state index is 14.1. The average Bonchev–Trinajstić information content (AvgIpc) is 3.24. The van der Waals surface area contributed by atoms with E-state index in [-0.39, 0.29) is 47.8 Å². The van der Waals surface area contributed by atoms with Crippen molar-refractivity contribution in [2.75, 3.05) is 38.8 Å². The fourth-order valence-electron chi connectivity index (χ4n) is 5.08. The number of ether oxygens (including phenoxy) is 2. The molecule has 6 atom stereocenters. The number of ketones is 1. The number of aliphatic carboxylic acids is 4. The quantitative estimate of drug-likeness (QED) is 0.0364. The van der Waals surface area contributed by atoms with Crippen molar-refractivity contribution < 1.29 is 78.2 Å². The molecule has 0 aliphatic rings. The van der Waals surface area contributed by atoms with Crippen molar-refractivity contribution in [1.82, 2.24) is 41.2 Å². The fraction of sp³-hybridized carbons (Fsp3) is 0.514. The maximum Gasteiger partial charge on any atom is 0.322 e. The number of aromatic amines is 1. The van der Waals surface area contributed by atoms with Gasteiger partial charge in [0.25, 0.3) is 17.4 Å². The van der Waals surface area contributed by atoms with E-state index < -0.39 is 138 Å². The van der Waals surface area contributed by atoms with Crippen molar-refractivity contribution in [2.24, 2.45) is 11.5 Å². The maximum absolute atomic E-state index is 14.1. The molecule has 0 aromatic carbocycles. The molecule has 2 heterocycles. The molecule has 0 bridgehead atoms. The molecule has 64 heavy (non-hydrogen) atoms. The number of methoxy groups -OCH3 is 2. The summed E-state index contributed by atoms with van der Waals surface area (Å²) < 4.78 is 10.2. The Bertz CT molecular complexity index is 2080. The number of nitrogens with two attached hydrogens (primary N) is 2. The number of nitrogens with zero attached hydrogens (tertiary/aromatic N) is 3. The lowest BCUT2D eigenvalue weighted by molar-refractivity contribution is -0.140. The first kappa shape index (κ1) is 53.5. The van der Waals surface area contributed by atoms with Gasteiger partial charge in [0.1, 0.15) is 48.9 Å². The molecular weight excluding hydrogens is 897 g/mol. The predicted molar refractivity (Wildman–Crippen MR) is 221 cm³/mol. The smallest absolute Gasteiger partial charge is 0.322 e. The van der Waals surface area contributed by atoms with Crippen molar-refractivity contribution in [3.05, 3.63) is 34.1 Å². The van der Waals surface area contributed by atoms with Gasteiger partial charge in [-0.25, -0.2) is 9.97 Å². The highest BCUT2D eigenvalue weighted by Gasteiger charge is 2.31. The minimum Gasteiger partial charge on any atom is -0.502 e. The Kier molecular flexibility index (Phi) is 22.4. The Hall–Kier alpha value is -6.59. The van der Waals surface area contributed by atoms with E-state index in [1.807, 2.05) is 0 Å². The van der Waals surface area contributed by atoms with Crippen molar-refractivity contribution in [1.29, 1.82) is 0 Å². The number of rotatable bonds is 30. The van der Waals surface area contributed by atoms with Crippen molar-refractivity contribution in [2.45, 2.75) is 73.2 Å². The van der Waals surface area contributed by atoms with Crippen molar-refractivity contribution in [3.8, 4) is 17.6 Å². The summed E-state index contributed by atoms with van der Waals surface area (Å²) >= 11 is 1.66. The van der Waals surface area contributed by atoms with Crippen molar-refractivity contribution >= 4 is 76.8 Å². The summed E-state index contributed by atoms with van der Waals surface area (Å²) in [6.45, 7) is -1.69. The lowest BCUT2D eigenvalue weighted by Gasteiger charge is -2.23. The average molecular weight is 945 g/mol. The van der Waals surface area contributed by atoms with Crippen LogP contribution in [0, 0.1) is 0 Å². The second-order valence-electron chi connectivity index (χ2n) is 13.3. The molecule has 14 N–H and O–H groups in total. The van der Waals surface area contributed by atoms with E-state index in [4.69, 9.17) is 41.4 Å². The number of hydrogen-bond donors (Lipinski definition) is 12. The van der Waals surface area contributed by atoms with E-state index in [2.05, 4.69) is 41.2 Å². The summed E-state index contributed by atoms with van der Waals surface area (Å²) in [7, 11) is 2.38. The molecule has 2 rings (SSSR count). The number of H-pyrrole nitrogens is 1. The Morgan fingerprint density at radius 3 is 1.69 bits per heavy atom. The van der Waals surface area contributed by atoms with Gasteiger partial charge in [-0.15, -0.1) is 23.5 Å². The topological polar surface area (TPSA) is 445 Å². The van der Waals surface area contributed by atoms with E-state index in [0.29, 0.717) is 0 Å². The molecular formula is C35H48N10O17S2. The molecule has 0 saturated heterocycles. The summed E-state index contributed by atoms with van der Waals surface area (Å²) in [4.78, 5) is 138. The van der Waals surface area contributed by atoms with Crippen LogP contribution in [0.4, 0.5) is 0 Å². The predicted octanol–water partition coefficient (Wildman–Crippen LogP) is -3.36. The molecule has 0 saturated carbocycles. The van der Waals surface area contributed by atoms with Crippen LogP contribution in [0.2, 0.25) is 0 Å². The van der Waals surface area contributed by atoms with Gasteiger partial charge < -0.3 is 67.7 Å². The number of carboxylic acids is 4. The molecule has 0 spiro atoms. The summed E-state index contributed by atoms with van der Waals surface area (Å²) in [5, 5.41) is 53.4. The van der Waals surface area contributed by atoms with Crippen LogP contribution < -0.4 is 47.8 Å². The summed E-state index contributed by atoms with van der Waals surface area (Å²) in [5.41, 5.74) is 10.2. The second-order valence-corrected chi connectivity index (χ2v) is 15.8. The van der Waals surface area contributed by atoms with E-state index in [1.165, 1.54) is 14.2 Å². The lowest BCUT2D eigenvalue weighted by Crippen LogP contribution is -2.49. The summed E-state index contributed by atoms with van der Waals surface area (Å²) in [5.74, 6) is -11.5. The number of carbonyl (C=O) groups is 9. The third-order valence-electron chi connectivity index (χ3n) is 8.38. The standard InChI is InChI=1S/C35H48N10O17S2/c1-61-32-21(47)10-38-29(45-32)23(64-14-20(31(56)40-12-28(53)54)42-25(49)6-4-17(37)34(59)60)8-15(46)7-22(18-9-26(50)44-35(43-18)62-2)63-13-19(30(55)39-11-27(51)52)41-24(48)5-3-16(36)33(57)58/h9-10,16-17,19-20,22-23,47H,3-8,11-14,36-37H2,1-2H3,(H,39,55)(H,40,56)(H,41,48)(H,42,49)(H,51,52)(H,53,54)(H,57,58)(H,59,60)(H,43,44,50). The van der Waals surface area contributed by atoms with Gasteiger partial charge in [0.15, 0.2) is 5.75 Å². The number of Topliss-reactive ketones (excluding diaryl/α,β-unsaturated/α-hetero) is 1. The van der Waals surface area contributed by atoms with Gasteiger partial charge in [-0.1, -0.05) is 0 Å². The first-order valence-electron chi connectivity index (χ1n) is 18.7. The Labute approximate surface area is 370 Å². The summed E-state index contributed by atoms with van der Waals surface area (Å²) in [6.07, 6.45) is -1.51. The summed E-state index contributed by atoms with van der Waals surface area (Å²) in [6, 6.07) is -5.01. The van der Waals surface area contributed by atoms with E-state index in [0.717, 1.165) is 35.8 Å². The number of carboxylic acid groups (broad SMARTS) is 4. The zero-order valence-electron chi connectivity index (χ0n) is 34.1. The molecule has 352 valence electrons. The van der Waals surface area contributed by atoms with Crippen LogP contribution in [0.5, 0.6) is 17.6 Å². The number of thioether (sulfide) groups is 2. The Morgan fingerprint density at radius 1 is 0.750 bits per heavy atom. The lowest BCUT2D eigenvalue weighted by atomic mass is 10.1. The SMILES string of the molecule is COc1nc(C(CC(=O)CC(SCC(NC(=O)CCC(N)C(=O)O)C(=O)NCC(=O)O)c2ncc(O)c(OC)n2)SCC(NC(=O)CCC(N)C(=O)O)C(=O)NCC(=O)O)cc(=O)[nH]1. The first-order chi connectivity index (χ1) is 30.1. The Balaban J connectivity index is 2.51. The first-order valence-corrected chi connectivity index (χ1v) is 20.8. The molecule has 0 radical (unpaired) electrons. The van der Waals surface area contributed by atoms with Crippen LogP contribution in [0.3, 0.4) is 0 Å². The molecule has 2 aromatic heterocycles. The molecule has 0 aliphatic carbocycles. The number of nitrogens with one attached hydrogen (secondary N) is 5. The highest BCUT2D eigenvalue weighted by Crippen LogP contribution is 2.37. The number of aromatic nitrogens is 4. The van der Waals surface area contributed by atoms with E-state index >= 15 is 0 Å². The Morgan fingerprint density at radius 2 is 1.23 bits per heavy atom. The molecule has 4 amide bonds. The van der Waals surface area contributed by atoms with Gasteiger partial charge in [-0.2, -0.15) is 4.98 Å². The second kappa shape index (κ2) is 26.8. The van der Waals surface area contributed by atoms with Gasteiger partial charge in [-0.05, 0) is 12.8 Å². The van der Waals surface area contributed by atoms with Gasteiger partial charge in [0.2, 0.25) is 23.6 Å². The molecule has 2 aromatic rings. The molecule has 27 nitrogen and oxygen atoms in total. The van der Waals surface area contributed by atoms with Gasteiger partial charge >= 0.3 is 23.9 Å². The highest BCUT2D eigenvalue weighted by molar-refractivity contribution is 7.99. The number of amides is 4. The molecule has 0 aliphatic heterocycles. The van der Waals surface area contributed by atoms with Crippen LogP contribution in [-0.4, -0.2) is 162 Å². The largest absolute Gasteiger partial charge is 0.502 e. The normalized spacial score (nSPS) is 13.7. The highest BCUT2D eigenvalue weighted by atomic mass is 32.2. The van der Waals surface area contributed by atoms with Crippen LogP contribution >= 0.6 is 23.5 Å². The van der Waals surface area contributed by atoms with Gasteiger partial charge in [0.05, 0.1) is 36.6 Å². The van der Waals surface area contributed by atoms with Crippen LogP contribution in [0.25, 0.3) is 0 Å². The van der Waals surface area contributed by atoms with Crippen LogP contribution in [0.1, 0.15) is 60.5 Å². The number of carbonyl (C=O) groups excluding carboxylic acids is 5. The van der Waals surface area contributed by atoms with Gasteiger partial charge in [0, 0.05) is 43.3 Å². The zero-order valence-corrected chi connectivity index (χ0v) is 35.8. The van der Waals surface area contributed by atoms with Crippen LogP contribution in [-0.2, 0) is 43.2 Å². The number of hydrogen-bond acceptors (Lipinski definition) is 20. The van der Waals surface area contributed by atoms with Gasteiger partial charge in [-0.3, -0.25) is 52.9 Å².